The van der Waals surface area contributed by atoms with Gasteiger partial charge in [-0.3, -0.25) is 4.79 Å². The molecule has 0 bridgehead atoms. The third-order valence-corrected chi connectivity index (χ3v) is 3.43. The van der Waals surface area contributed by atoms with Crippen LogP contribution in [-0.4, -0.2) is 36.2 Å². The highest BCUT2D eigenvalue weighted by Crippen LogP contribution is 2.18. The summed E-state index contributed by atoms with van der Waals surface area (Å²) in [5.41, 5.74) is 0.812. The molecule has 2 N–H and O–H groups in total. The number of benzene rings is 1. The number of carboxylic acids is 1. The zero-order chi connectivity index (χ0) is 15.8. The predicted octanol–water partition coefficient (Wildman–Crippen LogP) is 2.32. The highest BCUT2D eigenvalue weighted by Gasteiger charge is 2.23. The van der Waals surface area contributed by atoms with Crippen molar-refractivity contribution in [1.82, 2.24) is 5.32 Å². The van der Waals surface area contributed by atoms with Crippen LogP contribution >= 0.6 is 15.9 Å². The van der Waals surface area contributed by atoms with Crippen LogP contribution < -0.4 is 5.32 Å². The number of nitrogens with one attached hydrogen (secondary N) is 1. The maximum absolute atomic E-state index is 12.1. The van der Waals surface area contributed by atoms with E-state index in [1.807, 2.05) is 24.3 Å². The number of hydrogen-bond donors (Lipinski definition) is 2. The average molecular weight is 356 g/mol. The number of carbonyl (C=O) groups is 2. The largest absolute Gasteiger partial charge is 0.480 e. The van der Waals surface area contributed by atoms with E-state index < -0.39 is 17.9 Å². The van der Waals surface area contributed by atoms with Crippen molar-refractivity contribution in [3.63, 3.8) is 0 Å². The van der Waals surface area contributed by atoms with Crippen molar-refractivity contribution in [2.75, 3.05) is 13.2 Å². The van der Waals surface area contributed by atoms with E-state index in [-0.39, 0.29) is 19.1 Å². The quantitative estimate of drug-likeness (QED) is 0.554. The molecule has 21 heavy (non-hydrogen) atoms. The summed E-state index contributed by atoms with van der Waals surface area (Å²) in [5.74, 6) is -1.93. The molecule has 6 heteroatoms. The summed E-state index contributed by atoms with van der Waals surface area (Å²) in [4.78, 5) is 23.2. The molecule has 2 atom stereocenters. The van der Waals surface area contributed by atoms with Gasteiger partial charge in [0.25, 0.3) is 0 Å². The number of carboxylic acid groups (broad SMARTS) is 1. The molecule has 2 unspecified atom stereocenters. The molecule has 0 aromatic heterocycles. The van der Waals surface area contributed by atoms with Gasteiger partial charge < -0.3 is 15.2 Å². The highest BCUT2D eigenvalue weighted by molar-refractivity contribution is 9.10. The second kappa shape index (κ2) is 8.59. The third-order valence-electron chi connectivity index (χ3n) is 2.90. The van der Waals surface area contributed by atoms with Crippen LogP contribution in [0.2, 0.25) is 0 Å². The number of amides is 1. The lowest BCUT2D eigenvalue weighted by Crippen LogP contribution is -2.45. The van der Waals surface area contributed by atoms with Crippen molar-refractivity contribution in [1.29, 1.82) is 0 Å². The monoisotopic (exact) mass is 355 g/mol. The first kappa shape index (κ1) is 17.4. The Morgan fingerprint density at radius 1 is 1.43 bits per heavy atom. The van der Waals surface area contributed by atoms with Crippen molar-refractivity contribution < 1.29 is 19.4 Å². The molecule has 0 saturated carbocycles. The Morgan fingerprint density at radius 3 is 2.57 bits per heavy atom. The fourth-order valence-electron chi connectivity index (χ4n) is 1.64. The average Bonchev–Trinajstić information content (AvgIpc) is 2.46. The van der Waals surface area contributed by atoms with Gasteiger partial charge in [-0.15, -0.1) is 6.58 Å². The Balaban J connectivity index is 2.65. The summed E-state index contributed by atoms with van der Waals surface area (Å²) in [5, 5.41) is 11.6. The molecule has 0 aliphatic carbocycles. The molecule has 0 heterocycles. The second-order valence-electron chi connectivity index (χ2n) is 4.50. The Kier molecular flexibility index (Phi) is 7.11. The lowest BCUT2D eigenvalue weighted by Gasteiger charge is -2.18. The topological polar surface area (TPSA) is 75.6 Å². The number of hydrogen-bond acceptors (Lipinski definition) is 3. The SMILES string of the molecule is C=CCOCC(NC(=O)C(C)c1ccc(Br)cc1)C(=O)O. The van der Waals surface area contributed by atoms with Gasteiger partial charge in [0.2, 0.25) is 5.91 Å². The van der Waals surface area contributed by atoms with Crippen molar-refractivity contribution in [3.8, 4) is 0 Å². The predicted molar refractivity (Wildman–Crippen MR) is 83.1 cm³/mol. The van der Waals surface area contributed by atoms with Gasteiger partial charge in [0, 0.05) is 4.47 Å². The van der Waals surface area contributed by atoms with E-state index in [2.05, 4.69) is 27.8 Å². The second-order valence-corrected chi connectivity index (χ2v) is 5.41. The first-order valence-corrected chi connectivity index (χ1v) is 7.22. The Morgan fingerprint density at radius 2 is 2.05 bits per heavy atom. The number of halogens is 1. The van der Waals surface area contributed by atoms with E-state index >= 15 is 0 Å². The minimum Gasteiger partial charge on any atom is -0.480 e. The number of carbonyl (C=O) groups excluding carboxylic acids is 1. The van der Waals surface area contributed by atoms with E-state index in [9.17, 15) is 9.59 Å². The van der Waals surface area contributed by atoms with Crippen LogP contribution in [0.1, 0.15) is 18.4 Å². The van der Waals surface area contributed by atoms with Crippen LogP contribution in [0, 0.1) is 0 Å². The fourth-order valence-corrected chi connectivity index (χ4v) is 1.91. The highest BCUT2D eigenvalue weighted by atomic mass is 79.9. The van der Waals surface area contributed by atoms with E-state index in [0.717, 1.165) is 10.0 Å². The molecule has 0 fully saturated rings. The van der Waals surface area contributed by atoms with Gasteiger partial charge in [-0.1, -0.05) is 34.1 Å². The molecule has 5 nitrogen and oxygen atoms in total. The summed E-state index contributed by atoms with van der Waals surface area (Å²) in [7, 11) is 0. The van der Waals surface area contributed by atoms with Crippen LogP contribution in [0.4, 0.5) is 0 Å². The van der Waals surface area contributed by atoms with Crippen molar-refractivity contribution in [2.45, 2.75) is 18.9 Å². The summed E-state index contributed by atoms with van der Waals surface area (Å²) in [6.07, 6.45) is 1.52. The zero-order valence-electron chi connectivity index (χ0n) is 11.7. The van der Waals surface area contributed by atoms with Gasteiger partial charge in [-0.25, -0.2) is 4.79 Å². The zero-order valence-corrected chi connectivity index (χ0v) is 13.3. The standard InChI is InChI=1S/C15H18BrNO4/c1-3-8-21-9-13(15(19)20)17-14(18)10(2)11-4-6-12(16)7-5-11/h3-7,10,13H,1,8-9H2,2H3,(H,17,18)(H,19,20). The van der Waals surface area contributed by atoms with Gasteiger partial charge in [-0.05, 0) is 24.6 Å². The first-order valence-electron chi connectivity index (χ1n) is 6.43. The molecule has 0 radical (unpaired) electrons. The lowest BCUT2D eigenvalue weighted by molar-refractivity contribution is -0.143. The summed E-state index contributed by atoms with van der Waals surface area (Å²) in [6.45, 7) is 5.34. The number of ether oxygens (including phenoxy) is 1. The van der Waals surface area contributed by atoms with Crippen molar-refractivity contribution in [2.24, 2.45) is 0 Å². The number of aliphatic carboxylic acids is 1. The summed E-state index contributed by atoms with van der Waals surface area (Å²) < 4.78 is 6.01. The minimum absolute atomic E-state index is 0.0971. The van der Waals surface area contributed by atoms with Crippen LogP contribution in [0.15, 0.2) is 41.4 Å². The van der Waals surface area contributed by atoms with E-state index in [0.29, 0.717) is 0 Å². The third kappa shape index (κ3) is 5.69. The molecule has 1 amide bonds. The molecule has 1 rings (SSSR count). The molecule has 0 saturated heterocycles. The summed E-state index contributed by atoms with van der Waals surface area (Å²) in [6, 6.07) is 6.23. The minimum atomic E-state index is -1.13. The molecular weight excluding hydrogens is 338 g/mol. The summed E-state index contributed by atoms with van der Waals surface area (Å²) >= 11 is 3.32. The smallest absolute Gasteiger partial charge is 0.328 e. The maximum Gasteiger partial charge on any atom is 0.328 e. The Hall–Kier alpha value is -1.66. The molecule has 0 spiro atoms. The fraction of sp³-hybridized carbons (Fsp3) is 0.333. The number of rotatable bonds is 8. The molecule has 0 aliphatic heterocycles. The van der Waals surface area contributed by atoms with Gasteiger partial charge in [0.05, 0.1) is 19.1 Å². The molecule has 0 aliphatic rings. The molecule has 1 aromatic rings. The van der Waals surface area contributed by atoms with Crippen LogP contribution in [-0.2, 0) is 14.3 Å². The first-order chi connectivity index (χ1) is 9.95. The van der Waals surface area contributed by atoms with Gasteiger partial charge >= 0.3 is 5.97 Å². The van der Waals surface area contributed by atoms with Gasteiger partial charge in [0.15, 0.2) is 6.04 Å². The van der Waals surface area contributed by atoms with E-state index in [1.165, 1.54) is 6.08 Å². The molecule has 114 valence electrons. The Labute approximate surface area is 132 Å². The van der Waals surface area contributed by atoms with E-state index in [4.69, 9.17) is 9.84 Å². The van der Waals surface area contributed by atoms with E-state index in [1.54, 1.807) is 6.92 Å². The maximum atomic E-state index is 12.1. The Bertz CT molecular complexity index is 501. The van der Waals surface area contributed by atoms with Crippen LogP contribution in [0.3, 0.4) is 0 Å². The van der Waals surface area contributed by atoms with Crippen molar-refractivity contribution in [3.05, 3.63) is 47.0 Å². The van der Waals surface area contributed by atoms with Crippen molar-refractivity contribution >= 4 is 27.8 Å². The van der Waals surface area contributed by atoms with Gasteiger partial charge in [0.1, 0.15) is 0 Å². The van der Waals surface area contributed by atoms with Crippen LogP contribution in [0.5, 0.6) is 0 Å². The molecular formula is C15H18BrNO4. The lowest BCUT2D eigenvalue weighted by atomic mass is 10.0. The normalized spacial score (nSPS) is 13.2. The van der Waals surface area contributed by atoms with Gasteiger partial charge in [-0.2, -0.15) is 0 Å². The van der Waals surface area contributed by atoms with Crippen LogP contribution in [0.25, 0.3) is 0 Å². The molecule has 1 aromatic carbocycles.